The summed E-state index contributed by atoms with van der Waals surface area (Å²) in [7, 11) is 1.85. The van der Waals surface area contributed by atoms with E-state index >= 15 is 0 Å². The van der Waals surface area contributed by atoms with E-state index in [1.807, 2.05) is 19.2 Å². The van der Waals surface area contributed by atoms with Crippen LogP contribution in [0.4, 0.5) is 15.9 Å². The molecule has 0 radical (unpaired) electrons. The predicted molar refractivity (Wildman–Crippen MR) is 106 cm³/mol. The zero-order chi connectivity index (χ0) is 20.4. The lowest BCUT2D eigenvalue weighted by Gasteiger charge is -2.09. The topological polar surface area (TPSA) is 112 Å². The van der Waals surface area contributed by atoms with Gasteiger partial charge in [0.05, 0.1) is 5.69 Å². The molecule has 1 amide bonds. The Balaban J connectivity index is 1.56. The largest absolute Gasteiger partial charge is 0.384 e. The van der Waals surface area contributed by atoms with Crippen molar-refractivity contribution in [2.24, 2.45) is 7.05 Å². The number of carbonyl (C=O) groups is 1. The number of nitrogens with zero attached hydrogens (tertiary/aromatic N) is 5. The molecular formula is C20H16FN7O. The fourth-order valence-electron chi connectivity index (χ4n) is 2.85. The van der Waals surface area contributed by atoms with Crippen LogP contribution < -0.4 is 11.1 Å². The monoisotopic (exact) mass is 389 g/mol. The minimum atomic E-state index is -0.553. The quantitative estimate of drug-likeness (QED) is 0.555. The van der Waals surface area contributed by atoms with Crippen molar-refractivity contribution < 1.29 is 9.18 Å². The van der Waals surface area contributed by atoms with E-state index in [2.05, 4.69) is 25.5 Å². The van der Waals surface area contributed by atoms with E-state index in [1.165, 1.54) is 18.5 Å². The summed E-state index contributed by atoms with van der Waals surface area (Å²) in [6.07, 6.45) is 2.89. The molecule has 0 bridgehead atoms. The van der Waals surface area contributed by atoms with Crippen LogP contribution in [0.15, 0.2) is 61.2 Å². The maximum Gasteiger partial charge on any atom is 0.255 e. The zero-order valence-electron chi connectivity index (χ0n) is 15.4. The molecule has 144 valence electrons. The summed E-state index contributed by atoms with van der Waals surface area (Å²) < 4.78 is 15.9. The van der Waals surface area contributed by atoms with Gasteiger partial charge in [-0.05, 0) is 42.5 Å². The number of hydrogen-bond acceptors (Lipinski definition) is 6. The van der Waals surface area contributed by atoms with Gasteiger partial charge in [-0.1, -0.05) is 0 Å². The molecule has 0 aliphatic heterocycles. The Kier molecular flexibility index (Phi) is 4.70. The maximum atomic E-state index is 14.1. The van der Waals surface area contributed by atoms with E-state index < -0.39 is 11.7 Å². The molecule has 0 saturated heterocycles. The number of rotatable bonds is 4. The Hall–Kier alpha value is -4.14. The number of benzene rings is 2. The van der Waals surface area contributed by atoms with E-state index in [0.29, 0.717) is 22.8 Å². The first-order valence-electron chi connectivity index (χ1n) is 8.64. The van der Waals surface area contributed by atoms with Crippen molar-refractivity contribution in [3.63, 3.8) is 0 Å². The van der Waals surface area contributed by atoms with Crippen molar-refractivity contribution in [1.29, 1.82) is 0 Å². The third-order valence-electron chi connectivity index (χ3n) is 4.26. The summed E-state index contributed by atoms with van der Waals surface area (Å²) in [5.74, 6) is -0.0308. The van der Waals surface area contributed by atoms with Gasteiger partial charge < -0.3 is 15.6 Å². The second kappa shape index (κ2) is 7.47. The van der Waals surface area contributed by atoms with Crippen molar-refractivity contribution in [2.45, 2.75) is 0 Å². The summed E-state index contributed by atoms with van der Waals surface area (Å²) >= 11 is 0. The van der Waals surface area contributed by atoms with Crippen molar-refractivity contribution in [2.75, 3.05) is 11.1 Å². The number of aryl methyl sites for hydroxylation is 1. The SMILES string of the molecule is Cn1cnnc1-c1ccc(NC(=O)c2cc(F)cc(-c3cc(N)ncn3)c2)cc1. The van der Waals surface area contributed by atoms with Crippen LogP contribution >= 0.6 is 0 Å². The lowest BCUT2D eigenvalue weighted by atomic mass is 10.1. The smallest absolute Gasteiger partial charge is 0.255 e. The highest BCUT2D eigenvalue weighted by Gasteiger charge is 2.12. The molecule has 0 saturated carbocycles. The normalized spacial score (nSPS) is 10.7. The molecule has 0 unspecified atom stereocenters. The first-order valence-corrected chi connectivity index (χ1v) is 8.64. The minimum Gasteiger partial charge on any atom is -0.384 e. The Morgan fingerprint density at radius 2 is 1.86 bits per heavy atom. The van der Waals surface area contributed by atoms with Crippen LogP contribution in [-0.2, 0) is 7.05 Å². The molecular weight excluding hydrogens is 373 g/mol. The van der Waals surface area contributed by atoms with Gasteiger partial charge in [-0.25, -0.2) is 14.4 Å². The van der Waals surface area contributed by atoms with Crippen LogP contribution in [0.5, 0.6) is 0 Å². The van der Waals surface area contributed by atoms with Crippen LogP contribution in [0.3, 0.4) is 0 Å². The first-order chi connectivity index (χ1) is 14.0. The van der Waals surface area contributed by atoms with Gasteiger partial charge >= 0.3 is 0 Å². The molecule has 0 aliphatic carbocycles. The number of carbonyl (C=O) groups excluding carboxylic acids is 1. The van der Waals surface area contributed by atoms with E-state index in [-0.39, 0.29) is 11.4 Å². The summed E-state index contributed by atoms with van der Waals surface area (Å²) in [6, 6.07) is 12.6. The molecule has 4 aromatic rings. The van der Waals surface area contributed by atoms with Crippen molar-refractivity contribution in [1.82, 2.24) is 24.7 Å². The molecule has 2 aromatic carbocycles. The second-order valence-corrected chi connectivity index (χ2v) is 6.35. The summed E-state index contributed by atoms with van der Waals surface area (Å²) in [5, 5.41) is 10.6. The Labute approximate surface area is 165 Å². The first kappa shape index (κ1) is 18.2. The third kappa shape index (κ3) is 3.93. The van der Waals surface area contributed by atoms with Crippen molar-refractivity contribution in [3.05, 3.63) is 72.6 Å². The standard InChI is InChI=1S/C20H16FN7O/c1-28-11-25-27-19(28)12-2-4-16(5-3-12)26-20(29)14-6-13(7-15(21)8-14)17-9-18(22)24-10-23-17/h2-11H,1H3,(H,26,29)(H2,22,23,24). The van der Waals surface area contributed by atoms with Gasteiger partial charge in [-0.3, -0.25) is 4.79 Å². The summed E-state index contributed by atoms with van der Waals surface area (Å²) in [4.78, 5) is 20.5. The number of nitrogen functional groups attached to an aromatic ring is 1. The molecule has 8 nitrogen and oxygen atoms in total. The number of anilines is 2. The van der Waals surface area contributed by atoms with Crippen molar-refractivity contribution >= 4 is 17.4 Å². The van der Waals surface area contributed by atoms with E-state index in [0.717, 1.165) is 11.6 Å². The van der Waals surface area contributed by atoms with Crippen LogP contribution in [0.25, 0.3) is 22.6 Å². The molecule has 0 fully saturated rings. The number of halogens is 1. The van der Waals surface area contributed by atoms with Crippen molar-refractivity contribution in [3.8, 4) is 22.6 Å². The fraction of sp³-hybridized carbons (Fsp3) is 0.0500. The summed E-state index contributed by atoms with van der Waals surface area (Å²) in [6.45, 7) is 0. The van der Waals surface area contributed by atoms with Gasteiger partial charge in [0.15, 0.2) is 5.82 Å². The molecule has 2 heterocycles. The Morgan fingerprint density at radius 1 is 1.07 bits per heavy atom. The van der Waals surface area contributed by atoms with Gasteiger partial charge in [0.25, 0.3) is 5.91 Å². The lowest BCUT2D eigenvalue weighted by molar-refractivity contribution is 0.102. The average molecular weight is 389 g/mol. The molecule has 4 rings (SSSR count). The molecule has 0 aliphatic rings. The van der Waals surface area contributed by atoms with Gasteiger partial charge in [0, 0.05) is 35.5 Å². The van der Waals surface area contributed by atoms with Crippen LogP contribution in [-0.4, -0.2) is 30.6 Å². The highest BCUT2D eigenvalue weighted by atomic mass is 19.1. The highest BCUT2D eigenvalue weighted by molar-refractivity contribution is 6.05. The zero-order valence-corrected chi connectivity index (χ0v) is 15.4. The molecule has 9 heteroatoms. The third-order valence-corrected chi connectivity index (χ3v) is 4.26. The summed E-state index contributed by atoms with van der Waals surface area (Å²) in [5.41, 5.74) is 8.11. The number of hydrogen-bond donors (Lipinski definition) is 2. The van der Waals surface area contributed by atoms with E-state index in [4.69, 9.17) is 5.73 Å². The van der Waals surface area contributed by atoms with Crippen LogP contribution in [0, 0.1) is 5.82 Å². The van der Waals surface area contributed by atoms with Gasteiger partial charge in [-0.2, -0.15) is 0 Å². The number of amides is 1. The maximum absolute atomic E-state index is 14.1. The number of nitrogens with two attached hydrogens (primary N) is 1. The predicted octanol–water partition coefficient (Wildman–Crippen LogP) is 2.91. The number of nitrogens with one attached hydrogen (secondary N) is 1. The van der Waals surface area contributed by atoms with Gasteiger partial charge in [0.1, 0.15) is 24.3 Å². The number of aromatic nitrogens is 5. The molecule has 3 N–H and O–H groups in total. The highest BCUT2D eigenvalue weighted by Crippen LogP contribution is 2.23. The fourth-order valence-corrected chi connectivity index (χ4v) is 2.85. The van der Waals surface area contributed by atoms with Crippen LogP contribution in [0.2, 0.25) is 0 Å². The molecule has 2 aromatic heterocycles. The second-order valence-electron chi connectivity index (χ2n) is 6.35. The molecule has 29 heavy (non-hydrogen) atoms. The van der Waals surface area contributed by atoms with E-state index in [9.17, 15) is 9.18 Å². The lowest BCUT2D eigenvalue weighted by Crippen LogP contribution is -2.12. The Morgan fingerprint density at radius 3 is 2.55 bits per heavy atom. The van der Waals surface area contributed by atoms with Crippen LogP contribution in [0.1, 0.15) is 10.4 Å². The van der Waals surface area contributed by atoms with Gasteiger partial charge in [0.2, 0.25) is 0 Å². The minimum absolute atomic E-state index is 0.162. The molecule has 0 atom stereocenters. The van der Waals surface area contributed by atoms with E-state index in [1.54, 1.807) is 29.1 Å². The molecule has 0 spiro atoms. The average Bonchev–Trinajstić information content (AvgIpc) is 3.14. The van der Waals surface area contributed by atoms with Gasteiger partial charge in [-0.15, -0.1) is 10.2 Å². The Bertz CT molecular complexity index is 1190.